The molecule has 0 fully saturated rings. The molecule has 0 aromatic heterocycles. The van der Waals surface area contributed by atoms with Crippen molar-refractivity contribution in [2.45, 2.75) is 19.9 Å². The van der Waals surface area contributed by atoms with E-state index >= 15 is 0 Å². The van der Waals surface area contributed by atoms with Crippen LogP contribution in [0.4, 0.5) is 8.78 Å². The maximum Gasteiger partial charge on any atom is 0.126 e. The number of benzene rings is 2. The molecule has 0 spiro atoms. The van der Waals surface area contributed by atoms with Crippen LogP contribution in [0.25, 0.3) is 0 Å². The van der Waals surface area contributed by atoms with Gasteiger partial charge in [-0.3, -0.25) is 0 Å². The van der Waals surface area contributed by atoms with Crippen LogP contribution in [0.3, 0.4) is 0 Å². The van der Waals surface area contributed by atoms with Gasteiger partial charge in [0.15, 0.2) is 0 Å². The van der Waals surface area contributed by atoms with E-state index in [-0.39, 0.29) is 17.7 Å². The fourth-order valence-corrected chi connectivity index (χ4v) is 2.70. The molecule has 2 aromatic rings. The molecule has 1 unspecified atom stereocenters. The van der Waals surface area contributed by atoms with Crippen LogP contribution in [0.1, 0.15) is 29.7 Å². The lowest BCUT2D eigenvalue weighted by atomic mass is 9.97. The van der Waals surface area contributed by atoms with Crippen LogP contribution in [-0.4, -0.2) is 6.54 Å². The van der Waals surface area contributed by atoms with Crippen molar-refractivity contribution in [1.29, 1.82) is 0 Å². The standard InChI is InChI=1S/C16H16BrF2N/c1-3-20-16(11-4-5-15(19)10(2)6-11)12-7-13(17)9-14(18)8-12/h4-9,16,20H,3H2,1-2H3. The highest BCUT2D eigenvalue weighted by Gasteiger charge is 2.15. The molecule has 1 N–H and O–H groups in total. The van der Waals surface area contributed by atoms with Crippen LogP contribution >= 0.6 is 15.9 Å². The zero-order valence-electron chi connectivity index (χ0n) is 11.4. The Balaban J connectivity index is 2.46. The average Bonchev–Trinajstić information content (AvgIpc) is 2.38. The molecule has 2 rings (SSSR count). The monoisotopic (exact) mass is 339 g/mol. The van der Waals surface area contributed by atoms with Gasteiger partial charge in [0.05, 0.1) is 6.04 Å². The molecule has 2 aromatic carbocycles. The molecule has 0 aliphatic carbocycles. The van der Waals surface area contributed by atoms with Gasteiger partial charge in [-0.1, -0.05) is 35.0 Å². The molecule has 20 heavy (non-hydrogen) atoms. The SMILES string of the molecule is CCNC(c1cc(F)cc(Br)c1)c1ccc(F)c(C)c1. The average molecular weight is 340 g/mol. The van der Waals surface area contributed by atoms with Gasteiger partial charge in [0, 0.05) is 4.47 Å². The van der Waals surface area contributed by atoms with Gasteiger partial charge in [-0.25, -0.2) is 8.78 Å². The van der Waals surface area contributed by atoms with Gasteiger partial charge in [0.2, 0.25) is 0 Å². The van der Waals surface area contributed by atoms with Gasteiger partial charge in [0.25, 0.3) is 0 Å². The third-order valence-corrected chi connectivity index (χ3v) is 3.60. The highest BCUT2D eigenvalue weighted by atomic mass is 79.9. The van der Waals surface area contributed by atoms with E-state index in [0.717, 1.165) is 17.7 Å². The van der Waals surface area contributed by atoms with E-state index in [0.29, 0.717) is 10.0 Å². The fraction of sp³-hybridized carbons (Fsp3) is 0.250. The molecule has 1 nitrogen and oxygen atoms in total. The minimum atomic E-state index is -0.295. The molecular formula is C16H16BrF2N. The zero-order valence-corrected chi connectivity index (χ0v) is 13.0. The maximum absolute atomic E-state index is 13.6. The van der Waals surface area contributed by atoms with Crippen LogP contribution in [0.5, 0.6) is 0 Å². The summed E-state index contributed by atoms with van der Waals surface area (Å²) in [5.74, 6) is -0.527. The van der Waals surface area contributed by atoms with Crippen molar-refractivity contribution in [3.8, 4) is 0 Å². The summed E-state index contributed by atoms with van der Waals surface area (Å²) in [5, 5.41) is 3.31. The summed E-state index contributed by atoms with van der Waals surface area (Å²) < 4.78 is 27.6. The van der Waals surface area contributed by atoms with E-state index in [4.69, 9.17) is 0 Å². The van der Waals surface area contributed by atoms with E-state index in [1.165, 1.54) is 18.2 Å². The van der Waals surface area contributed by atoms with Gasteiger partial charge in [-0.15, -0.1) is 0 Å². The molecule has 0 aliphatic heterocycles. The van der Waals surface area contributed by atoms with E-state index in [1.54, 1.807) is 19.1 Å². The Morgan fingerprint density at radius 2 is 1.85 bits per heavy atom. The predicted octanol–water partition coefficient (Wildman–Crippen LogP) is 4.73. The van der Waals surface area contributed by atoms with Crippen LogP contribution in [-0.2, 0) is 0 Å². The summed E-state index contributed by atoms with van der Waals surface area (Å²) in [6.07, 6.45) is 0. The summed E-state index contributed by atoms with van der Waals surface area (Å²) in [7, 11) is 0. The second-order valence-corrected chi connectivity index (χ2v) is 5.62. The van der Waals surface area contributed by atoms with Gasteiger partial charge in [0.1, 0.15) is 11.6 Å². The van der Waals surface area contributed by atoms with Crippen LogP contribution < -0.4 is 5.32 Å². The zero-order chi connectivity index (χ0) is 14.7. The number of rotatable bonds is 4. The van der Waals surface area contributed by atoms with Crippen molar-refractivity contribution < 1.29 is 8.78 Å². The van der Waals surface area contributed by atoms with E-state index < -0.39 is 0 Å². The van der Waals surface area contributed by atoms with Gasteiger partial charge >= 0.3 is 0 Å². The Labute approximate surface area is 126 Å². The minimum absolute atomic E-state index is 0.161. The first-order valence-electron chi connectivity index (χ1n) is 6.46. The highest BCUT2D eigenvalue weighted by Crippen LogP contribution is 2.27. The van der Waals surface area contributed by atoms with Crippen molar-refractivity contribution in [1.82, 2.24) is 5.32 Å². The number of aryl methyl sites for hydroxylation is 1. The minimum Gasteiger partial charge on any atom is -0.307 e. The van der Waals surface area contributed by atoms with Crippen LogP contribution in [0.15, 0.2) is 40.9 Å². The Hall–Kier alpha value is -1.26. The quantitative estimate of drug-likeness (QED) is 0.848. The Bertz CT molecular complexity index is 593. The summed E-state index contributed by atoms with van der Waals surface area (Å²) in [5.41, 5.74) is 2.31. The van der Waals surface area contributed by atoms with Crippen LogP contribution in [0.2, 0.25) is 0 Å². The van der Waals surface area contributed by atoms with Crippen molar-refractivity contribution in [2.24, 2.45) is 0 Å². The smallest absolute Gasteiger partial charge is 0.126 e. The molecule has 4 heteroatoms. The van der Waals surface area contributed by atoms with E-state index in [2.05, 4.69) is 21.2 Å². The summed E-state index contributed by atoms with van der Waals surface area (Å²) in [4.78, 5) is 0. The molecular weight excluding hydrogens is 324 g/mol. The Morgan fingerprint density at radius 1 is 1.10 bits per heavy atom. The van der Waals surface area contributed by atoms with Crippen molar-refractivity contribution in [3.05, 3.63) is 69.2 Å². The number of hydrogen-bond donors (Lipinski definition) is 1. The number of halogens is 3. The number of nitrogens with one attached hydrogen (secondary N) is 1. The summed E-state index contributed by atoms with van der Waals surface area (Å²) in [6, 6.07) is 9.60. The molecule has 0 bridgehead atoms. The van der Waals surface area contributed by atoms with Gasteiger partial charge in [-0.05, 0) is 54.4 Å². The van der Waals surface area contributed by atoms with Crippen molar-refractivity contribution in [3.63, 3.8) is 0 Å². The molecule has 0 heterocycles. The molecule has 0 saturated carbocycles. The molecule has 0 radical (unpaired) electrons. The predicted molar refractivity (Wildman–Crippen MR) is 80.8 cm³/mol. The van der Waals surface area contributed by atoms with Crippen molar-refractivity contribution in [2.75, 3.05) is 6.54 Å². The highest BCUT2D eigenvalue weighted by molar-refractivity contribution is 9.10. The first-order chi connectivity index (χ1) is 9.51. The Kier molecular flexibility index (Phi) is 4.89. The second-order valence-electron chi connectivity index (χ2n) is 4.70. The third kappa shape index (κ3) is 3.44. The molecule has 0 saturated heterocycles. The molecule has 0 aliphatic rings. The summed E-state index contributed by atoms with van der Waals surface area (Å²) >= 11 is 3.30. The molecule has 0 amide bonds. The van der Waals surface area contributed by atoms with Crippen molar-refractivity contribution >= 4 is 15.9 Å². The normalized spacial score (nSPS) is 12.4. The lowest BCUT2D eigenvalue weighted by Gasteiger charge is -2.20. The van der Waals surface area contributed by atoms with E-state index in [9.17, 15) is 8.78 Å². The Morgan fingerprint density at radius 3 is 2.45 bits per heavy atom. The largest absolute Gasteiger partial charge is 0.307 e. The maximum atomic E-state index is 13.6. The summed E-state index contributed by atoms with van der Waals surface area (Å²) in [6.45, 7) is 4.44. The van der Waals surface area contributed by atoms with Gasteiger partial charge < -0.3 is 5.32 Å². The second kappa shape index (κ2) is 6.46. The lowest BCUT2D eigenvalue weighted by Crippen LogP contribution is -2.22. The topological polar surface area (TPSA) is 12.0 Å². The fourth-order valence-electron chi connectivity index (χ4n) is 2.22. The third-order valence-electron chi connectivity index (χ3n) is 3.14. The molecule has 1 atom stereocenters. The van der Waals surface area contributed by atoms with E-state index in [1.807, 2.05) is 13.0 Å². The molecule has 106 valence electrons. The first kappa shape index (κ1) is 15.1. The first-order valence-corrected chi connectivity index (χ1v) is 7.26. The number of hydrogen-bond acceptors (Lipinski definition) is 1. The van der Waals surface area contributed by atoms with Crippen LogP contribution in [0, 0.1) is 18.6 Å². The lowest BCUT2D eigenvalue weighted by molar-refractivity contribution is 0.595. The van der Waals surface area contributed by atoms with Gasteiger partial charge in [-0.2, -0.15) is 0 Å².